The zero-order chi connectivity index (χ0) is 14.0. The summed E-state index contributed by atoms with van der Waals surface area (Å²) in [7, 11) is 2.09. The summed E-state index contributed by atoms with van der Waals surface area (Å²) in [5.74, 6) is 0. The molecule has 2 unspecified atom stereocenters. The molecule has 1 saturated heterocycles. The van der Waals surface area contributed by atoms with E-state index in [0.29, 0.717) is 6.04 Å². The fourth-order valence-corrected chi connectivity index (χ4v) is 3.29. The lowest BCUT2D eigenvalue weighted by molar-refractivity contribution is -0.0890. The highest BCUT2D eigenvalue weighted by molar-refractivity contribution is 4.90. The molecule has 0 aromatic rings. The molecule has 0 aromatic carbocycles. The molecule has 1 aliphatic rings. The maximum atomic E-state index is 6.07. The van der Waals surface area contributed by atoms with E-state index in [4.69, 9.17) is 4.74 Å². The molecular formula is C17H35NO. The Balaban J connectivity index is 2.14. The van der Waals surface area contributed by atoms with Crippen molar-refractivity contribution in [1.82, 2.24) is 5.32 Å². The second kappa shape index (κ2) is 9.77. The summed E-state index contributed by atoms with van der Waals surface area (Å²) in [5, 5.41) is 3.50. The molecule has 0 aliphatic carbocycles. The van der Waals surface area contributed by atoms with Gasteiger partial charge in [-0.15, -0.1) is 0 Å². The Morgan fingerprint density at radius 3 is 2.32 bits per heavy atom. The van der Waals surface area contributed by atoms with Crippen LogP contribution in [0.3, 0.4) is 0 Å². The van der Waals surface area contributed by atoms with Crippen molar-refractivity contribution in [3.8, 4) is 0 Å². The van der Waals surface area contributed by atoms with Gasteiger partial charge in [0.1, 0.15) is 0 Å². The van der Waals surface area contributed by atoms with Crippen molar-refractivity contribution in [3.05, 3.63) is 0 Å². The van der Waals surface area contributed by atoms with E-state index in [1.165, 1.54) is 70.6 Å². The maximum Gasteiger partial charge on any atom is 0.0806 e. The smallest absolute Gasteiger partial charge is 0.0806 e. The zero-order valence-electron chi connectivity index (χ0n) is 13.5. The van der Waals surface area contributed by atoms with E-state index < -0.39 is 0 Å². The Morgan fingerprint density at radius 1 is 1.05 bits per heavy atom. The van der Waals surface area contributed by atoms with Crippen LogP contribution in [-0.4, -0.2) is 25.3 Å². The van der Waals surface area contributed by atoms with Gasteiger partial charge in [0.05, 0.1) is 5.60 Å². The fraction of sp³-hybridized carbons (Fsp3) is 1.00. The molecule has 0 amide bonds. The van der Waals surface area contributed by atoms with Crippen molar-refractivity contribution < 1.29 is 4.74 Å². The van der Waals surface area contributed by atoms with E-state index in [1.807, 2.05) is 0 Å². The highest BCUT2D eigenvalue weighted by Gasteiger charge is 2.35. The Labute approximate surface area is 120 Å². The number of likely N-dealkylation sites (N-methyl/N-ethyl adjacent to an activating group) is 1. The summed E-state index contributed by atoms with van der Waals surface area (Å²) < 4.78 is 6.07. The van der Waals surface area contributed by atoms with Crippen molar-refractivity contribution in [3.63, 3.8) is 0 Å². The van der Waals surface area contributed by atoms with Gasteiger partial charge in [-0.05, 0) is 39.7 Å². The molecule has 2 heteroatoms. The van der Waals surface area contributed by atoms with Crippen molar-refractivity contribution >= 4 is 0 Å². The van der Waals surface area contributed by atoms with E-state index in [1.54, 1.807) is 0 Å². The van der Waals surface area contributed by atoms with E-state index in [-0.39, 0.29) is 5.60 Å². The topological polar surface area (TPSA) is 21.3 Å². The second-order valence-electron chi connectivity index (χ2n) is 6.37. The molecule has 0 radical (unpaired) electrons. The molecule has 1 N–H and O–H groups in total. The van der Waals surface area contributed by atoms with Gasteiger partial charge in [0, 0.05) is 12.6 Å². The molecule has 1 rings (SSSR count). The lowest BCUT2D eigenvalue weighted by Gasteiger charge is -2.40. The van der Waals surface area contributed by atoms with Gasteiger partial charge in [0.25, 0.3) is 0 Å². The maximum absolute atomic E-state index is 6.07. The Morgan fingerprint density at radius 2 is 1.74 bits per heavy atom. The van der Waals surface area contributed by atoms with Crippen molar-refractivity contribution in [2.45, 2.75) is 96.1 Å². The standard InChI is InChI=1S/C17H35NO/c1-4-5-6-7-8-9-10-13-16(18-3)17(2)14-11-12-15-19-17/h16,18H,4-15H2,1-3H3. The largest absolute Gasteiger partial charge is 0.374 e. The predicted octanol–water partition coefficient (Wildman–Crippen LogP) is 4.67. The summed E-state index contributed by atoms with van der Waals surface area (Å²) in [6.45, 7) is 5.53. The molecule has 0 aromatic heterocycles. The molecule has 2 atom stereocenters. The van der Waals surface area contributed by atoms with Crippen LogP contribution in [-0.2, 0) is 4.74 Å². The van der Waals surface area contributed by atoms with E-state index in [0.717, 1.165) is 6.61 Å². The second-order valence-corrected chi connectivity index (χ2v) is 6.37. The third-order valence-corrected chi connectivity index (χ3v) is 4.68. The summed E-state index contributed by atoms with van der Waals surface area (Å²) >= 11 is 0. The van der Waals surface area contributed by atoms with Crippen LogP contribution in [0.2, 0.25) is 0 Å². The van der Waals surface area contributed by atoms with Crippen LogP contribution in [0.15, 0.2) is 0 Å². The average Bonchev–Trinajstić information content (AvgIpc) is 2.42. The van der Waals surface area contributed by atoms with Crippen molar-refractivity contribution in [2.75, 3.05) is 13.7 Å². The third-order valence-electron chi connectivity index (χ3n) is 4.68. The highest BCUT2D eigenvalue weighted by Crippen LogP contribution is 2.30. The van der Waals surface area contributed by atoms with Crippen LogP contribution in [0.25, 0.3) is 0 Å². The van der Waals surface area contributed by atoms with Gasteiger partial charge in [0.2, 0.25) is 0 Å². The fourth-order valence-electron chi connectivity index (χ4n) is 3.29. The highest BCUT2D eigenvalue weighted by atomic mass is 16.5. The van der Waals surface area contributed by atoms with Crippen LogP contribution in [0.1, 0.15) is 84.5 Å². The average molecular weight is 269 g/mol. The van der Waals surface area contributed by atoms with Gasteiger partial charge in [-0.2, -0.15) is 0 Å². The monoisotopic (exact) mass is 269 g/mol. The Bertz CT molecular complexity index is 211. The Kier molecular flexibility index (Phi) is 8.72. The minimum atomic E-state index is 0.0786. The molecule has 1 fully saturated rings. The number of ether oxygens (including phenoxy) is 1. The summed E-state index contributed by atoms with van der Waals surface area (Å²) in [6.07, 6.45) is 14.8. The SMILES string of the molecule is CCCCCCCCCC(NC)C1(C)CCCCO1. The van der Waals surface area contributed by atoms with Crippen LogP contribution in [0, 0.1) is 0 Å². The van der Waals surface area contributed by atoms with Gasteiger partial charge < -0.3 is 10.1 Å². The summed E-state index contributed by atoms with van der Waals surface area (Å²) in [4.78, 5) is 0. The molecule has 2 nitrogen and oxygen atoms in total. The summed E-state index contributed by atoms with van der Waals surface area (Å²) in [5.41, 5.74) is 0.0786. The normalized spacial score (nSPS) is 25.4. The van der Waals surface area contributed by atoms with E-state index in [2.05, 4.69) is 26.2 Å². The van der Waals surface area contributed by atoms with Gasteiger partial charge in [-0.25, -0.2) is 0 Å². The number of unbranched alkanes of at least 4 members (excludes halogenated alkanes) is 6. The third kappa shape index (κ3) is 6.27. The molecule has 0 spiro atoms. The number of hydrogen-bond donors (Lipinski definition) is 1. The van der Waals surface area contributed by atoms with Crippen LogP contribution in [0.5, 0.6) is 0 Å². The molecular weight excluding hydrogens is 234 g/mol. The number of rotatable bonds is 10. The molecule has 1 heterocycles. The van der Waals surface area contributed by atoms with Gasteiger partial charge in [-0.1, -0.05) is 51.9 Å². The summed E-state index contributed by atoms with van der Waals surface area (Å²) in [6, 6.07) is 0.531. The minimum absolute atomic E-state index is 0.0786. The first kappa shape index (κ1) is 17.0. The lowest BCUT2D eigenvalue weighted by atomic mass is 9.85. The first-order valence-electron chi connectivity index (χ1n) is 8.54. The van der Waals surface area contributed by atoms with Gasteiger partial charge >= 0.3 is 0 Å². The predicted molar refractivity (Wildman–Crippen MR) is 83.7 cm³/mol. The molecule has 0 saturated carbocycles. The minimum Gasteiger partial charge on any atom is -0.374 e. The lowest BCUT2D eigenvalue weighted by Crippen LogP contribution is -2.51. The zero-order valence-corrected chi connectivity index (χ0v) is 13.5. The van der Waals surface area contributed by atoms with Crippen LogP contribution < -0.4 is 5.32 Å². The quantitative estimate of drug-likeness (QED) is 0.582. The first-order valence-corrected chi connectivity index (χ1v) is 8.54. The van der Waals surface area contributed by atoms with E-state index in [9.17, 15) is 0 Å². The van der Waals surface area contributed by atoms with Gasteiger partial charge in [0.15, 0.2) is 0 Å². The Hall–Kier alpha value is -0.0800. The van der Waals surface area contributed by atoms with E-state index >= 15 is 0 Å². The van der Waals surface area contributed by atoms with Gasteiger partial charge in [-0.3, -0.25) is 0 Å². The molecule has 1 aliphatic heterocycles. The first-order chi connectivity index (χ1) is 9.23. The molecule has 114 valence electrons. The van der Waals surface area contributed by atoms with Crippen LogP contribution >= 0.6 is 0 Å². The molecule has 19 heavy (non-hydrogen) atoms. The van der Waals surface area contributed by atoms with Crippen molar-refractivity contribution in [2.24, 2.45) is 0 Å². The van der Waals surface area contributed by atoms with Crippen LogP contribution in [0.4, 0.5) is 0 Å². The van der Waals surface area contributed by atoms with Crippen molar-refractivity contribution in [1.29, 1.82) is 0 Å². The number of hydrogen-bond acceptors (Lipinski definition) is 2. The number of nitrogens with one attached hydrogen (secondary N) is 1. The molecule has 0 bridgehead atoms.